The molecule has 9 nitrogen and oxygen atoms in total. The van der Waals surface area contributed by atoms with Crippen molar-refractivity contribution in [3.8, 4) is 5.88 Å². The molecular weight excluding hydrogens is 326 g/mol. The Balaban J connectivity index is 1.70. The SMILES string of the molecule is O=C(O)Nc1cc(OCCc2ccccn2)nc(N2CCOCC2)n1. The highest BCUT2D eigenvalue weighted by Crippen LogP contribution is 2.20. The van der Waals surface area contributed by atoms with E-state index in [-0.39, 0.29) is 5.82 Å². The molecule has 0 spiro atoms. The van der Waals surface area contributed by atoms with Gasteiger partial charge in [-0.3, -0.25) is 10.3 Å². The molecule has 25 heavy (non-hydrogen) atoms. The fraction of sp³-hybridized carbons (Fsp3) is 0.375. The van der Waals surface area contributed by atoms with Crippen LogP contribution in [0.15, 0.2) is 30.5 Å². The molecule has 132 valence electrons. The number of carbonyl (C=O) groups is 1. The highest BCUT2D eigenvalue weighted by Gasteiger charge is 2.17. The van der Waals surface area contributed by atoms with E-state index in [9.17, 15) is 4.79 Å². The van der Waals surface area contributed by atoms with E-state index in [2.05, 4.69) is 20.3 Å². The van der Waals surface area contributed by atoms with E-state index in [1.807, 2.05) is 23.1 Å². The summed E-state index contributed by atoms with van der Waals surface area (Å²) in [7, 11) is 0. The van der Waals surface area contributed by atoms with Crippen LogP contribution in [0, 0.1) is 0 Å². The van der Waals surface area contributed by atoms with Gasteiger partial charge in [0.25, 0.3) is 0 Å². The Kier molecular flexibility index (Phi) is 5.57. The smallest absolute Gasteiger partial charge is 0.410 e. The summed E-state index contributed by atoms with van der Waals surface area (Å²) in [6.45, 7) is 2.82. The molecule has 0 aromatic carbocycles. The van der Waals surface area contributed by atoms with Crippen LogP contribution < -0.4 is 15.0 Å². The number of nitrogens with one attached hydrogen (secondary N) is 1. The first-order valence-corrected chi connectivity index (χ1v) is 7.95. The van der Waals surface area contributed by atoms with Gasteiger partial charge in [-0.25, -0.2) is 4.79 Å². The molecule has 0 unspecified atom stereocenters. The van der Waals surface area contributed by atoms with Gasteiger partial charge in [0.05, 0.1) is 19.8 Å². The molecule has 9 heteroatoms. The van der Waals surface area contributed by atoms with Crippen LogP contribution in [0.3, 0.4) is 0 Å². The molecular formula is C16H19N5O4. The summed E-state index contributed by atoms with van der Waals surface area (Å²) in [5, 5.41) is 11.2. The fourth-order valence-electron chi connectivity index (χ4n) is 2.37. The minimum absolute atomic E-state index is 0.178. The summed E-state index contributed by atoms with van der Waals surface area (Å²) < 4.78 is 11.0. The summed E-state index contributed by atoms with van der Waals surface area (Å²) >= 11 is 0. The van der Waals surface area contributed by atoms with Crippen LogP contribution >= 0.6 is 0 Å². The van der Waals surface area contributed by atoms with Gasteiger partial charge in [-0.15, -0.1) is 0 Å². The van der Waals surface area contributed by atoms with Crippen molar-refractivity contribution >= 4 is 17.9 Å². The van der Waals surface area contributed by atoms with Crippen molar-refractivity contribution in [1.29, 1.82) is 0 Å². The Labute approximate surface area is 144 Å². The lowest BCUT2D eigenvalue weighted by atomic mass is 10.3. The third-order valence-corrected chi connectivity index (χ3v) is 3.55. The van der Waals surface area contributed by atoms with Gasteiger partial charge in [0.2, 0.25) is 11.8 Å². The Morgan fingerprint density at radius 3 is 2.88 bits per heavy atom. The molecule has 0 aliphatic carbocycles. The van der Waals surface area contributed by atoms with Crippen molar-refractivity contribution in [2.75, 3.05) is 43.1 Å². The van der Waals surface area contributed by atoms with Crippen molar-refractivity contribution in [2.45, 2.75) is 6.42 Å². The third-order valence-electron chi connectivity index (χ3n) is 3.55. The lowest BCUT2D eigenvalue weighted by Crippen LogP contribution is -2.37. The topological polar surface area (TPSA) is 110 Å². The number of hydrogen-bond donors (Lipinski definition) is 2. The highest BCUT2D eigenvalue weighted by atomic mass is 16.5. The molecule has 1 aliphatic rings. The normalized spacial score (nSPS) is 14.2. The molecule has 3 heterocycles. The third kappa shape index (κ3) is 5.01. The van der Waals surface area contributed by atoms with Crippen LogP contribution in [-0.4, -0.2) is 59.1 Å². The predicted molar refractivity (Wildman–Crippen MR) is 90.1 cm³/mol. The molecule has 2 N–H and O–H groups in total. The number of anilines is 2. The number of ether oxygens (including phenoxy) is 2. The average Bonchev–Trinajstić information content (AvgIpc) is 2.63. The minimum Gasteiger partial charge on any atom is -0.477 e. The lowest BCUT2D eigenvalue weighted by molar-refractivity contribution is 0.122. The number of hydrogen-bond acceptors (Lipinski definition) is 7. The Morgan fingerprint density at radius 1 is 1.32 bits per heavy atom. The number of morpholine rings is 1. The number of carboxylic acid groups (broad SMARTS) is 1. The standard InChI is InChI=1S/C16H19N5O4/c22-16(23)19-13-11-14(25-8-4-12-3-1-2-5-17-12)20-15(18-13)21-6-9-24-10-7-21/h1-3,5,11H,4,6-10H2,(H,22,23)(H,18,19,20). The van der Waals surface area contributed by atoms with Crippen LogP contribution in [0.4, 0.5) is 16.6 Å². The molecule has 1 saturated heterocycles. The molecule has 0 atom stereocenters. The Morgan fingerprint density at radius 2 is 2.16 bits per heavy atom. The molecule has 2 aromatic heterocycles. The first-order valence-electron chi connectivity index (χ1n) is 7.95. The van der Waals surface area contributed by atoms with Gasteiger partial charge in [0.1, 0.15) is 5.82 Å². The lowest BCUT2D eigenvalue weighted by Gasteiger charge is -2.27. The number of aromatic nitrogens is 3. The first-order chi connectivity index (χ1) is 12.2. The van der Waals surface area contributed by atoms with E-state index in [1.54, 1.807) is 6.20 Å². The van der Waals surface area contributed by atoms with Crippen LogP contribution in [0.5, 0.6) is 5.88 Å². The van der Waals surface area contributed by atoms with Crippen molar-refractivity contribution < 1.29 is 19.4 Å². The summed E-state index contributed by atoms with van der Waals surface area (Å²) in [5.41, 5.74) is 0.911. The van der Waals surface area contributed by atoms with E-state index in [0.29, 0.717) is 51.2 Å². The Hall–Kier alpha value is -2.94. The second-order valence-corrected chi connectivity index (χ2v) is 5.34. The Bertz CT molecular complexity index is 707. The van der Waals surface area contributed by atoms with E-state index in [4.69, 9.17) is 14.6 Å². The van der Waals surface area contributed by atoms with E-state index in [1.165, 1.54) is 6.07 Å². The largest absolute Gasteiger partial charge is 0.477 e. The van der Waals surface area contributed by atoms with Gasteiger partial charge in [0, 0.05) is 37.5 Å². The van der Waals surface area contributed by atoms with Gasteiger partial charge in [-0.2, -0.15) is 9.97 Å². The van der Waals surface area contributed by atoms with Crippen LogP contribution in [0.25, 0.3) is 0 Å². The number of rotatable bonds is 6. The predicted octanol–water partition coefficient (Wildman–Crippen LogP) is 1.42. The quantitative estimate of drug-likeness (QED) is 0.809. The first kappa shape index (κ1) is 16.9. The van der Waals surface area contributed by atoms with E-state index < -0.39 is 6.09 Å². The molecule has 1 aliphatic heterocycles. The van der Waals surface area contributed by atoms with Crippen molar-refractivity contribution in [1.82, 2.24) is 15.0 Å². The van der Waals surface area contributed by atoms with E-state index >= 15 is 0 Å². The second-order valence-electron chi connectivity index (χ2n) is 5.34. The number of nitrogens with zero attached hydrogens (tertiary/aromatic N) is 4. The second kappa shape index (κ2) is 8.25. The summed E-state index contributed by atoms with van der Waals surface area (Å²) in [5.74, 6) is 0.912. The zero-order valence-electron chi connectivity index (χ0n) is 13.6. The molecule has 1 fully saturated rings. The van der Waals surface area contributed by atoms with Gasteiger partial charge < -0.3 is 19.5 Å². The van der Waals surface area contributed by atoms with Crippen LogP contribution in [0.1, 0.15) is 5.69 Å². The van der Waals surface area contributed by atoms with E-state index in [0.717, 1.165) is 5.69 Å². The van der Waals surface area contributed by atoms with Crippen molar-refractivity contribution in [3.63, 3.8) is 0 Å². The zero-order chi connectivity index (χ0) is 17.5. The maximum absolute atomic E-state index is 10.9. The summed E-state index contributed by atoms with van der Waals surface area (Å²) in [6.07, 6.45) is 1.16. The van der Waals surface area contributed by atoms with Gasteiger partial charge >= 0.3 is 6.09 Å². The van der Waals surface area contributed by atoms with Crippen LogP contribution in [-0.2, 0) is 11.2 Å². The van der Waals surface area contributed by atoms with Gasteiger partial charge in [-0.1, -0.05) is 6.07 Å². The summed E-state index contributed by atoms with van der Waals surface area (Å²) in [6, 6.07) is 7.15. The molecule has 2 aromatic rings. The molecule has 3 rings (SSSR count). The average molecular weight is 345 g/mol. The zero-order valence-corrected chi connectivity index (χ0v) is 13.6. The molecule has 0 radical (unpaired) electrons. The minimum atomic E-state index is -1.19. The molecule has 1 amide bonds. The number of pyridine rings is 1. The van der Waals surface area contributed by atoms with Crippen molar-refractivity contribution in [3.05, 3.63) is 36.2 Å². The fourth-order valence-corrected chi connectivity index (χ4v) is 2.37. The van der Waals surface area contributed by atoms with Gasteiger partial charge in [-0.05, 0) is 12.1 Å². The molecule has 0 bridgehead atoms. The van der Waals surface area contributed by atoms with Crippen molar-refractivity contribution in [2.24, 2.45) is 0 Å². The molecule has 0 saturated carbocycles. The van der Waals surface area contributed by atoms with Gasteiger partial charge in [0.15, 0.2) is 0 Å². The highest BCUT2D eigenvalue weighted by molar-refractivity contribution is 5.81. The monoisotopic (exact) mass is 345 g/mol. The maximum Gasteiger partial charge on any atom is 0.410 e. The van der Waals surface area contributed by atoms with Crippen LogP contribution in [0.2, 0.25) is 0 Å². The number of amides is 1. The maximum atomic E-state index is 10.9. The summed E-state index contributed by atoms with van der Waals surface area (Å²) in [4.78, 5) is 25.7.